The molecule has 130 valence electrons. The molecule has 26 heavy (non-hydrogen) atoms. The van der Waals surface area contributed by atoms with Crippen LogP contribution in [0.4, 0.5) is 20.4 Å². The lowest BCUT2D eigenvalue weighted by molar-refractivity contribution is 0.584. The van der Waals surface area contributed by atoms with Crippen LogP contribution < -0.4 is 11.0 Å². The zero-order valence-electron chi connectivity index (χ0n) is 13.6. The Labute approximate surface area is 146 Å². The van der Waals surface area contributed by atoms with Gasteiger partial charge in [-0.25, -0.2) is 28.1 Å². The van der Waals surface area contributed by atoms with Crippen LogP contribution >= 0.6 is 0 Å². The third kappa shape index (κ3) is 2.92. The first-order valence-electron chi connectivity index (χ1n) is 7.78. The molecular weight excluding hydrogens is 340 g/mol. The number of hydrogen-bond donors (Lipinski definition) is 2. The fraction of sp³-hybridized carbons (Fsp3) is 0.0556. The van der Waals surface area contributed by atoms with Crippen LogP contribution in [0.15, 0.2) is 53.3 Å². The number of H-pyrrole nitrogens is 1. The summed E-state index contributed by atoms with van der Waals surface area (Å²) in [6, 6.07) is 12.3. The van der Waals surface area contributed by atoms with Crippen LogP contribution in [0.3, 0.4) is 0 Å². The molecule has 0 unspecified atom stereocenters. The van der Waals surface area contributed by atoms with Gasteiger partial charge in [0.1, 0.15) is 11.6 Å². The van der Waals surface area contributed by atoms with Crippen molar-refractivity contribution < 1.29 is 8.78 Å². The molecule has 2 heterocycles. The highest BCUT2D eigenvalue weighted by molar-refractivity contribution is 5.67. The van der Waals surface area contributed by atoms with Crippen LogP contribution in [-0.2, 0) is 0 Å². The third-order valence-corrected chi connectivity index (χ3v) is 3.87. The van der Waals surface area contributed by atoms with Crippen molar-refractivity contribution in [2.24, 2.45) is 0 Å². The van der Waals surface area contributed by atoms with Crippen LogP contribution in [0.5, 0.6) is 0 Å². The number of fused-ring (bicyclic) bond motifs is 1. The van der Waals surface area contributed by atoms with Crippen molar-refractivity contribution in [2.75, 3.05) is 5.32 Å². The van der Waals surface area contributed by atoms with E-state index in [0.717, 1.165) is 29.3 Å². The molecule has 0 atom stereocenters. The van der Waals surface area contributed by atoms with E-state index < -0.39 is 17.3 Å². The standard InChI is InChI=1S/C18H13F2N5O/c1-10-2-4-11(5-3-10)15-9-16-23-24-18(26)25(16)17(22-15)21-14-7-12(19)6-13(20)8-14/h2-9H,1H3,(H,21,22)(H,24,26). The molecule has 8 heteroatoms. The first-order valence-corrected chi connectivity index (χ1v) is 7.78. The molecule has 2 aromatic carbocycles. The molecule has 6 nitrogen and oxygen atoms in total. The molecule has 0 saturated heterocycles. The second kappa shape index (κ2) is 6.07. The van der Waals surface area contributed by atoms with Crippen molar-refractivity contribution in [3.05, 3.63) is 76.2 Å². The Hall–Kier alpha value is -3.55. The van der Waals surface area contributed by atoms with Crippen LogP contribution in [0.25, 0.3) is 16.9 Å². The van der Waals surface area contributed by atoms with Gasteiger partial charge in [-0.15, -0.1) is 0 Å². The number of halogens is 2. The first kappa shape index (κ1) is 15.9. The molecule has 0 aliphatic heterocycles. The zero-order chi connectivity index (χ0) is 18.3. The van der Waals surface area contributed by atoms with Crippen molar-refractivity contribution >= 4 is 17.3 Å². The Bertz CT molecular complexity index is 1140. The summed E-state index contributed by atoms with van der Waals surface area (Å²) in [5.74, 6) is -1.38. The van der Waals surface area contributed by atoms with Gasteiger partial charge in [0.25, 0.3) is 0 Å². The SMILES string of the molecule is Cc1ccc(-c2cc3n[nH]c(=O)n3c(Nc3cc(F)cc(F)c3)n2)cc1. The Morgan fingerprint density at radius 3 is 2.42 bits per heavy atom. The minimum atomic E-state index is -0.738. The zero-order valence-corrected chi connectivity index (χ0v) is 13.6. The van der Waals surface area contributed by atoms with Gasteiger partial charge >= 0.3 is 5.69 Å². The lowest BCUT2D eigenvalue weighted by atomic mass is 10.1. The van der Waals surface area contributed by atoms with Crippen LogP contribution in [0.2, 0.25) is 0 Å². The van der Waals surface area contributed by atoms with Gasteiger partial charge in [-0.2, -0.15) is 5.10 Å². The predicted octanol–water partition coefficient (Wildman–Crippen LogP) is 3.41. The van der Waals surface area contributed by atoms with E-state index in [0.29, 0.717) is 11.3 Å². The summed E-state index contributed by atoms with van der Waals surface area (Å²) in [5.41, 5.74) is 2.44. The Morgan fingerprint density at radius 1 is 1.04 bits per heavy atom. The number of hydrogen-bond acceptors (Lipinski definition) is 4. The maximum Gasteiger partial charge on any atom is 0.350 e. The number of anilines is 2. The highest BCUT2D eigenvalue weighted by Crippen LogP contribution is 2.23. The number of benzene rings is 2. The van der Waals surface area contributed by atoms with Crippen molar-refractivity contribution in [1.29, 1.82) is 0 Å². The summed E-state index contributed by atoms with van der Waals surface area (Å²) < 4.78 is 28.1. The quantitative estimate of drug-likeness (QED) is 0.592. The maximum atomic E-state index is 13.5. The molecular formula is C18H13F2N5O. The highest BCUT2D eigenvalue weighted by atomic mass is 19.1. The number of nitrogens with one attached hydrogen (secondary N) is 2. The monoisotopic (exact) mass is 353 g/mol. The fourth-order valence-corrected chi connectivity index (χ4v) is 2.64. The molecule has 0 aliphatic carbocycles. The molecule has 0 aliphatic rings. The minimum Gasteiger partial charge on any atom is -0.325 e. The van der Waals surface area contributed by atoms with Gasteiger partial charge in [0.2, 0.25) is 5.95 Å². The van der Waals surface area contributed by atoms with E-state index in [1.165, 1.54) is 4.40 Å². The molecule has 0 fully saturated rings. The maximum absolute atomic E-state index is 13.5. The molecule has 0 bridgehead atoms. The summed E-state index contributed by atoms with van der Waals surface area (Å²) in [7, 11) is 0. The number of rotatable bonds is 3. The predicted molar refractivity (Wildman–Crippen MR) is 93.4 cm³/mol. The van der Waals surface area contributed by atoms with Crippen LogP contribution in [-0.4, -0.2) is 19.6 Å². The van der Waals surface area contributed by atoms with E-state index in [4.69, 9.17) is 0 Å². The van der Waals surface area contributed by atoms with E-state index in [-0.39, 0.29) is 11.6 Å². The average Bonchev–Trinajstić information content (AvgIpc) is 2.96. The van der Waals surface area contributed by atoms with Crippen molar-refractivity contribution in [1.82, 2.24) is 19.6 Å². The average molecular weight is 353 g/mol. The third-order valence-electron chi connectivity index (χ3n) is 3.87. The molecule has 0 saturated carbocycles. The highest BCUT2D eigenvalue weighted by Gasteiger charge is 2.13. The normalized spacial score (nSPS) is 11.0. The molecule has 4 aromatic rings. The number of nitrogens with zero attached hydrogens (tertiary/aromatic N) is 3. The van der Waals surface area contributed by atoms with Gasteiger partial charge in [-0.05, 0) is 19.1 Å². The van der Waals surface area contributed by atoms with Gasteiger partial charge in [-0.3, -0.25) is 0 Å². The van der Waals surface area contributed by atoms with Gasteiger partial charge in [0.05, 0.1) is 5.69 Å². The molecule has 2 N–H and O–H groups in total. The molecule has 0 radical (unpaired) electrons. The summed E-state index contributed by atoms with van der Waals surface area (Å²) in [4.78, 5) is 16.5. The number of aromatic nitrogens is 4. The van der Waals surface area contributed by atoms with Gasteiger partial charge in [0, 0.05) is 23.4 Å². The van der Waals surface area contributed by atoms with E-state index in [1.54, 1.807) is 6.07 Å². The lowest BCUT2D eigenvalue weighted by Crippen LogP contribution is -2.14. The van der Waals surface area contributed by atoms with Crippen molar-refractivity contribution in [3.63, 3.8) is 0 Å². The second-order valence-electron chi connectivity index (χ2n) is 5.84. The molecule has 4 rings (SSSR count). The molecule has 2 aromatic heterocycles. The lowest BCUT2D eigenvalue weighted by Gasteiger charge is -2.10. The van der Waals surface area contributed by atoms with Crippen LogP contribution in [0.1, 0.15) is 5.56 Å². The van der Waals surface area contributed by atoms with Crippen molar-refractivity contribution in [3.8, 4) is 11.3 Å². The molecule has 0 spiro atoms. The summed E-state index contributed by atoms with van der Waals surface area (Å²) in [6.07, 6.45) is 0. The Balaban J connectivity index is 1.87. The van der Waals surface area contributed by atoms with Gasteiger partial charge in [-0.1, -0.05) is 29.8 Å². The molecule has 0 amide bonds. The van der Waals surface area contributed by atoms with E-state index in [9.17, 15) is 13.6 Å². The largest absolute Gasteiger partial charge is 0.350 e. The first-order chi connectivity index (χ1) is 12.5. The van der Waals surface area contributed by atoms with Gasteiger partial charge in [0.15, 0.2) is 5.65 Å². The van der Waals surface area contributed by atoms with E-state index in [2.05, 4.69) is 20.5 Å². The smallest absolute Gasteiger partial charge is 0.325 e. The number of aromatic amines is 1. The summed E-state index contributed by atoms with van der Waals surface area (Å²) in [6.45, 7) is 1.97. The Kier molecular flexibility index (Phi) is 3.72. The summed E-state index contributed by atoms with van der Waals surface area (Å²) in [5, 5.41) is 9.09. The number of aryl methyl sites for hydroxylation is 1. The topological polar surface area (TPSA) is 75.1 Å². The van der Waals surface area contributed by atoms with Gasteiger partial charge < -0.3 is 5.32 Å². The van der Waals surface area contributed by atoms with Crippen molar-refractivity contribution in [2.45, 2.75) is 6.92 Å². The second-order valence-corrected chi connectivity index (χ2v) is 5.84. The van der Waals surface area contributed by atoms with E-state index >= 15 is 0 Å². The fourth-order valence-electron chi connectivity index (χ4n) is 2.64. The summed E-state index contributed by atoms with van der Waals surface area (Å²) >= 11 is 0. The van der Waals surface area contributed by atoms with E-state index in [1.807, 2.05) is 31.2 Å². The van der Waals surface area contributed by atoms with Crippen LogP contribution in [0, 0.1) is 18.6 Å². The Morgan fingerprint density at radius 2 is 1.73 bits per heavy atom. The minimum absolute atomic E-state index is 0.0989.